The van der Waals surface area contributed by atoms with Crippen molar-refractivity contribution < 1.29 is 9.53 Å². The second-order valence-corrected chi connectivity index (χ2v) is 6.17. The monoisotopic (exact) mass is 362 g/mol. The molecule has 3 aromatic rings. The van der Waals surface area contributed by atoms with E-state index in [9.17, 15) is 4.79 Å². The number of rotatable bonds is 6. The topological polar surface area (TPSA) is 77.0 Å². The Morgan fingerprint density at radius 1 is 1.11 bits per heavy atom. The highest BCUT2D eigenvalue weighted by molar-refractivity contribution is 6.06. The van der Waals surface area contributed by atoms with Crippen LogP contribution >= 0.6 is 0 Å². The van der Waals surface area contributed by atoms with Gasteiger partial charge in [0, 0.05) is 35.9 Å². The fraction of sp³-hybridized carbons (Fsp3) is 0.238. The number of methoxy groups -OCH3 is 1. The summed E-state index contributed by atoms with van der Waals surface area (Å²) in [4.78, 5) is 25.8. The molecular weight excluding hydrogens is 340 g/mol. The smallest absolute Gasteiger partial charge is 0.259 e. The first-order chi connectivity index (χ1) is 13.1. The van der Waals surface area contributed by atoms with Gasteiger partial charge in [0.2, 0.25) is 0 Å². The molecule has 2 heterocycles. The lowest BCUT2D eigenvalue weighted by Gasteiger charge is -2.11. The fourth-order valence-corrected chi connectivity index (χ4v) is 2.82. The van der Waals surface area contributed by atoms with Crippen LogP contribution in [0.4, 0.5) is 5.69 Å². The molecule has 1 N–H and O–H groups in total. The van der Waals surface area contributed by atoms with Gasteiger partial charge in [-0.05, 0) is 49.2 Å². The van der Waals surface area contributed by atoms with E-state index in [2.05, 4.69) is 27.2 Å². The maximum Gasteiger partial charge on any atom is 0.259 e. The third-order valence-electron chi connectivity index (χ3n) is 4.12. The molecule has 0 radical (unpaired) electrons. The fourth-order valence-electron chi connectivity index (χ4n) is 2.82. The normalized spacial score (nSPS) is 10.5. The summed E-state index contributed by atoms with van der Waals surface area (Å²) in [6, 6.07) is 11.0. The highest BCUT2D eigenvalue weighted by Crippen LogP contribution is 2.22. The SMILES string of the molecule is CCc1cc(C)nc(Cc2ccc(OC)c(C(=O)Nc3ccncc3)c2)n1. The average molecular weight is 362 g/mol. The van der Waals surface area contributed by atoms with Crippen LogP contribution in [0.25, 0.3) is 0 Å². The van der Waals surface area contributed by atoms with Crippen LogP contribution in [-0.4, -0.2) is 28.0 Å². The quantitative estimate of drug-likeness (QED) is 0.725. The van der Waals surface area contributed by atoms with Gasteiger partial charge >= 0.3 is 0 Å². The van der Waals surface area contributed by atoms with E-state index in [0.29, 0.717) is 23.4 Å². The van der Waals surface area contributed by atoms with Crippen molar-refractivity contribution in [1.82, 2.24) is 15.0 Å². The first kappa shape index (κ1) is 18.5. The third-order valence-corrected chi connectivity index (χ3v) is 4.12. The molecule has 2 aromatic heterocycles. The van der Waals surface area contributed by atoms with Crippen LogP contribution in [0.15, 0.2) is 48.8 Å². The highest BCUT2D eigenvalue weighted by atomic mass is 16.5. The van der Waals surface area contributed by atoms with E-state index in [4.69, 9.17) is 4.74 Å². The number of ether oxygens (including phenoxy) is 1. The van der Waals surface area contributed by atoms with Crippen molar-refractivity contribution >= 4 is 11.6 Å². The average Bonchev–Trinajstić information content (AvgIpc) is 2.68. The molecule has 0 unspecified atom stereocenters. The highest BCUT2D eigenvalue weighted by Gasteiger charge is 2.14. The van der Waals surface area contributed by atoms with Gasteiger partial charge in [-0.15, -0.1) is 0 Å². The summed E-state index contributed by atoms with van der Waals surface area (Å²) in [5, 5.41) is 2.86. The van der Waals surface area contributed by atoms with Crippen LogP contribution in [0.1, 0.15) is 40.1 Å². The molecule has 0 aliphatic rings. The minimum Gasteiger partial charge on any atom is -0.496 e. The van der Waals surface area contributed by atoms with Crippen molar-refractivity contribution in [3.05, 3.63) is 77.1 Å². The summed E-state index contributed by atoms with van der Waals surface area (Å²) in [6.07, 6.45) is 4.67. The number of hydrogen-bond acceptors (Lipinski definition) is 5. The Bertz CT molecular complexity index is 942. The van der Waals surface area contributed by atoms with Crippen LogP contribution in [0.5, 0.6) is 5.75 Å². The van der Waals surface area contributed by atoms with Gasteiger partial charge in [0.25, 0.3) is 5.91 Å². The minimum absolute atomic E-state index is 0.237. The molecule has 0 aliphatic heterocycles. The van der Waals surface area contributed by atoms with Crippen LogP contribution in [0, 0.1) is 6.92 Å². The molecule has 1 amide bonds. The summed E-state index contributed by atoms with van der Waals surface area (Å²) in [5.41, 5.74) is 4.05. The maximum absolute atomic E-state index is 12.7. The molecule has 138 valence electrons. The molecule has 0 saturated heterocycles. The molecule has 3 rings (SSSR count). The zero-order valence-corrected chi connectivity index (χ0v) is 15.7. The number of amides is 1. The zero-order valence-electron chi connectivity index (χ0n) is 15.7. The second kappa shape index (κ2) is 8.40. The summed E-state index contributed by atoms with van der Waals surface area (Å²) in [7, 11) is 1.55. The lowest BCUT2D eigenvalue weighted by molar-refractivity contribution is 0.102. The van der Waals surface area contributed by atoms with Gasteiger partial charge in [0.05, 0.1) is 12.7 Å². The third kappa shape index (κ3) is 4.67. The zero-order chi connectivity index (χ0) is 19.2. The van der Waals surface area contributed by atoms with Crippen LogP contribution in [-0.2, 0) is 12.8 Å². The van der Waals surface area contributed by atoms with Gasteiger partial charge in [0.15, 0.2) is 0 Å². The predicted octanol–water partition coefficient (Wildman–Crippen LogP) is 3.59. The molecule has 1 aromatic carbocycles. The number of hydrogen-bond donors (Lipinski definition) is 1. The van der Waals surface area contributed by atoms with Crippen LogP contribution in [0.2, 0.25) is 0 Å². The van der Waals surface area contributed by atoms with Crippen molar-refractivity contribution in [2.45, 2.75) is 26.7 Å². The molecular formula is C21H22N4O2. The van der Waals surface area contributed by atoms with Crippen molar-refractivity contribution in [2.75, 3.05) is 12.4 Å². The van der Waals surface area contributed by atoms with Crippen LogP contribution in [0.3, 0.4) is 0 Å². The number of aromatic nitrogens is 3. The summed E-state index contributed by atoms with van der Waals surface area (Å²) in [5.74, 6) is 1.03. The number of nitrogens with zero attached hydrogens (tertiary/aromatic N) is 3. The Morgan fingerprint density at radius 3 is 2.59 bits per heavy atom. The number of anilines is 1. The summed E-state index contributed by atoms with van der Waals surface area (Å²) in [6.45, 7) is 4.03. The summed E-state index contributed by atoms with van der Waals surface area (Å²) < 4.78 is 5.36. The van der Waals surface area contributed by atoms with E-state index < -0.39 is 0 Å². The molecule has 0 atom stereocenters. The van der Waals surface area contributed by atoms with Gasteiger partial charge in [0.1, 0.15) is 11.6 Å². The molecule has 0 spiro atoms. The van der Waals surface area contributed by atoms with E-state index >= 15 is 0 Å². The van der Waals surface area contributed by atoms with Crippen molar-refractivity contribution in [3.63, 3.8) is 0 Å². The number of carbonyl (C=O) groups is 1. The Balaban J connectivity index is 1.87. The first-order valence-corrected chi connectivity index (χ1v) is 8.80. The van der Waals surface area contributed by atoms with Crippen molar-refractivity contribution in [1.29, 1.82) is 0 Å². The largest absolute Gasteiger partial charge is 0.496 e. The van der Waals surface area contributed by atoms with Gasteiger partial charge in [-0.3, -0.25) is 9.78 Å². The lowest BCUT2D eigenvalue weighted by atomic mass is 10.1. The van der Waals surface area contributed by atoms with E-state index in [1.807, 2.05) is 25.1 Å². The maximum atomic E-state index is 12.7. The van der Waals surface area contributed by atoms with Crippen LogP contribution < -0.4 is 10.1 Å². The number of pyridine rings is 1. The number of nitrogens with one attached hydrogen (secondary N) is 1. The van der Waals surface area contributed by atoms with E-state index in [0.717, 1.165) is 29.2 Å². The molecule has 27 heavy (non-hydrogen) atoms. The molecule has 0 aliphatic carbocycles. The Morgan fingerprint density at radius 2 is 1.89 bits per heavy atom. The predicted molar refractivity (Wildman–Crippen MR) is 104 cm³/mol. The molecule has 6 nitrogen and oxygen atoms in total. The molecule has 0 saturated carbocycles. The van der Waals surface area contributed by atoms with E-state index in [1.54, 1.807) is 37.7 Å². The van der Waals surface area contributed by atoms with Crippen molar-refractivity contribution in [3.8, 4) is 5.75 Å². The second-order valence-electron chi connectivity index (χ2n) is 6.17. The van der Waals surface area contributed by atoms with Gasteiger partial charge < -0.3 is 10.1 Å². The lowest BCUT2D eigenvalue weighted by Crippen LogP contribution is -2.14. The van der Waals surface area contributed by atoms with Gasteiger partial charge in [-0.25, -0.2) is 9.97 Å². The minimum atomic E-state index is -0.237. The van der Waals surface area contributed by atoms with Gasteiger partial charge in [-0.1, -0.05) is 13.0 Å². The number of carbonyl (C=O) groups excluding carboxylic acids is 1. The van der Waals surface area contributed by atoms with Crippen molar-refractivity contribution in [2.24, 2.45) is 0 Å². The molecule has 0 fully saturated rings. The molecule has 6 heteroatoms. The Labute approximate surface area is 158 Å². The standard InChI is InChI=1S/C21H22N4O2/c1-4-16-11-14(2)23-20(24-16)13-15-5-6-19(27-3)18(12-15)21(26)25-17-7-9-22-10-8-17/h5-12H,4,13H2,1-3H3,(H,22,25,26). The number of benzene rings is 1. The summed E-state index contributed by atoms with van der Waals surface area (Å²) >= 11 is 0. The Hall–Kier alpha value is -3.28. The van der Waals surface area contributed by atoms with Gasteiger partial charge in [-0.2, -0.15) is 0 Å². The van der Waals surface area contributed by atoms with E-state index in [-0.39, 0.29) is 5.91 Å². The number of aryl methyl sites for hydroxylation is 2. The molecule has 0 bridgehead atoms. The Kier molecular flexibility index (Phi) is 5.76. The first-order valence-electron chi connectivity index (χ1n) is 8.80. The van der Waals surface area contributed by atoms with E-state index in [1.165, 1.54) is 0 Å².